The Balaban J connectivity index is 0.000000288. The largest absolute Gasteiger partial charge is 0.229 e. The molecule has 0 atom stereocenters. The summed E-state index contributed by atoms with van der Waals surface area (Å²) in [6, 6.07) is 0.510. The minimum absolute atomic E-state index is 0.510. The first kappa shape index (κ1) is 14.8. The zero-order valence-electron chi connectivity index (χ0n) is 10.3. The Morgan fingerprint density at radius 2 is 1.60 bits per heavy atom. The molecule has 1 aliphatic carbocycles. The Kier molecular flexibility index (Phi) is 11.7. The molecule has 0 N–H and O–H groups in total. The highest BCUT2D eigenvalue weighted by molar-refractivity contribution is 7.78. The first-order valence-corrected chi connectivity index (χ1v) is 6.82. The molecule has 0 heterocycles. The summed E-state index contributed by atoms with van der Waals surface area (Å²) in [6.07, 6.45) is 12.0. The molecule has 0 saturated heterocycles. The fourth-order valence-corrected chi connectivity index (χ4v) is 1.93. The average molecular weight is 227 g/mol. The number of nitrogens with zero attached hydrogens (tertiary/aromatic N) is 1. The van der Waals surface area contributed by atoms with E-state index in [1.807, 2.05) is 0 Å². The van der Waals surface area contributed by atoms with Crippen LogP contribution < -0.4 is 0 Å². The molecule has 0 aromatic carbocycles. The van der Waals surface area contributed by atoms with Crippen molar-refractivity contribution in [3.05, 3.63) is 0 Å². The van der Waals surface area contributed by atoms with Gasteiger partial charge in [0.15, 0.2) is 0 Å². The van der Waals surface area contributed by atoms with Gasteiger partial charge in [-0.25, -0.2) is 4.99 Å². The summed E-state index contributed by atoms with van der Waals surface area (Å²) in [5.41, 5.74) is 0. The van der Waals surface area contributed by atoms with Crippen LogP contribution in [0.15, 0.2) is 4.99 Å². The molecule has 1 fully saturated rings. The van der Waals surface area contributed by atoms with Crippen LogP contribution in [-0.4, -0.2) is 11.2 Å². The average Bonchev–Trinajstić information content (AvgIpc) is 2.29. The second kappa shape index (κ2) is 11.9. The van der Waals surface area contributed by atoms with Crippen molar-refractivity contribution >= 4 is 17.4 Å². The molecular formula is C13H25NS. The van der Waals surface area contributed by atoms with Crippen molar-refractivity contribution in [2.45, 2.75) is 77.7 Å². The van der Waals surface area contributed by atoms with Gasteiger partial charge in [-0.3, -0.25) is 0 Å². The van der Waals surface area contributed by atoms with Gasteiger partial charge in [0.1, 0.15) is 0 Å². The van der Waals surface area contributed by atoms with Crippen molar-refractivity contribution in [1.82, 2.24) is 0 Å². The van der Waals surface area contributed by atoms with Crippen LogP contribution in [0.25, 0.3) is 0 Å². The third-order valence-corrected chi connectivity index (χ3v) is 2.87. The fourth-order valence-electron chi connectivity index (χ4n) is 1.78. The number of isothiocyanates is 1. The highest BCUT2D eigenvalue weighted by atomic mass is 32.1. The molecule has 1 saturated carbocycles. The number of hydrogen-bond donors (Lipinski definition) is 0. The van der Waals surface area contributed by atoms with E-state index in [1.165, 1.54) is 57.8 Å². The van der Waals surface area contributed by atoms with Crippen molar-refractivity contribution in [2.75, 3.05) is 0 Å². The molecule has 1 aliphatic rings. The molecule has 0 unspecified atom stereocenters. The summed E-state index contributed by atoms with van der Waals surface area (Å²) in [4.78, 5) is 4.05. The second-order valence-corrected chi connectivity index (χ2v) is 4.40. The van der Waals surface area contributed by atoms with Gasteiger partial charge in [0.25, 0.3) is 0 Å². The van der Waals surface area contributed by atoms with Crippen LogP contribution in [0, 0.1) is 0 Å². The summed E-state index contributed by atoms with van der Waals surface area (Å²) in [6.45, 7) is 4.46. The predicted octanol–water partition coefficient (Wildman–Crippen LogP) is 5.01. The van der Waals surface area contributed by atoms with Gasteiger partial charge in [-0.2, -0.15) is 0 Å². The zero-order chi connectivity index (χ0) is 11.4. The first-order valence-electron chi connectivity index (χ1n) is 6.42. The van der Waals surface area contributed by atoms with Crippen LogP contribution in [0.3, 0.4) is 0 Å². The molecule has 0 spiro atoms. The standard InChI is InChI=1S/C7H11NS.C6H14/c9-6-8-7-4-2-1-3-5-7;1-3-5-6-4-2/h7H,1-5H2;3-6H2,1-2H3. The third-order valence-electron chi connectivity index (χ3n) is 2.77. The Hall–Kier alpha value is -0.200. The van der Waals surface area contributed by atoms with Crippen molar-refractivity contribution in [1.29, 1.82) is 0 Å². The van der Waals surface area contributed by atoms with E-state index >= 15 is 0 Å². The van der Waals surface area contributed by atoms with E-state index in [2.05, 4.69) is 36.2 Å². The van der Waals surface area contributed by atoms with Crippen LogP contribution in [0.1, 0.15) is 71.6 Å². The fraction of sp³-hybridized carbons (Fsp3) is 0.923. The van der Waals surface area contributed by atoms with Gasteiger partial charge in [-0.1, -0.05) is 58.8 Å². The van der Waals surface area contributed by atoms with Gasteiger partial charge < -0.3 is 0 Å². The SMILES string of the molecule is CCCCCC.S=C=NC1CCCCC1. The smallest absolute Gasteiger partial charge is 0.0602 e. The normalized spacial score (nSPS) is 16.1. The lowest BCUT2D eigenvalue weighted by atomic mass is 9.96. The maximum atomic E-state index is 4.52. The summed E-state index contributed by atoms with van der Waals surface area (Å²) >= 11 is 4.52. The van der Waals surface area contributed by atoms with E-state index in [4.69, 9.17) is 0 Å². The van der Waals surface area contributed by atoms with Gasteiger partial charge in [-0.15, -0.1) is 0 Å². The minimum Gasteiger partial charge on any atom is -0.229 e. The van der Waals surface area contributed by atoms with Crippen molar-refractivity contribution in [3.8, 4) is 0 Å². The Morgan fingerprint density at radius 3 is 2.00 bits per heavy atom. The van der Waals surface area contributed by atoms with E-state index in [0.29, 0.717) is 6.04 Å². The predicted molar refractivity (Wildman–Crippen MR) is 71.7 cm³/mol. The Bertz CT molecular complexity index is 163. The van der Waals surface area contributed by atoms with Crippen LogP contribution in [-0.2, 0) is 0 Å². The minimum atomic E-state index is 0.510. The molecule has 2 heteroatoms. The maximum Gasteiger partial charge on any atom is 0.0602 e. The Labute approximate surface area is 100 Å². The Morgan fingerprint density at radius 1 is 1.07 bits per heavy atom. The number of unbranched alkanes of at least 4 members (excludes halogenated alkanes) is 3. The molecule has 0 bridgehead atoms. The number of thiocarbonyl (C=S) groups is 1. The van der Waals surface area contributed by atoms with Crippen molar-refractivity contribution in [2.24, 2.45) is 4.99 Å². The molecule has 0 aromatic rings. The molecule has 0 aromatic heterocycles. The number of hydrogen-bond acceptors (Lipinski definition) is 2. The summed E-state index contributed by atoms with van der Waals surface area (Å²) in [5, 5.41) is 2.45. The first-order chi connectivity index (χ1) is 7.35. The van der Waals surface area contributed by atoms with Gasteiger partial charge in [-0.05, 0) is 25.1 Å². The summed E-state index contributed by atoms with van der Waals surface area (Å²) in [5.74, 6) is 0. The van der Waals surface area contributed by atoms with E-state index in [9.17, 15) is 0 Å². The molecule has 15 heavy (non-hydrogen) atoms. The van der Waals surface area contributed by atoms with Crippen LogP contribution in [0.4, 0.5) is 0 Å². The van der Waals surface area contributed by atoms with Gasteiger partial charge in [0, 0.05) is 0 Å². The van der Waals surface area contributed by atoms with E-state index in [-0.39, 0.29) is 0 Å². The maximum absolute atomic E-state index is 4.52. The van der Waals surface area contributed by atoms with E-state index in [0.717, 1.165) is 0 Å². The summed E-state index contributed by atoms with van der Waals surface area (Å²) in [7, 11) is 0. The highest BCUT2D eigenvalue weighted by Gasteiger charge is 2.10. The molecule has 0 aliphatic heterocycles. The van der Waals surface area contributed by atoms with Crippen molar-refractivity contribution < 1.29 is 0 Å². The van der Waals surface area contributed by atoms with Gasteiger partial charge in [0.2, 0.25) is 0 Å². The van der Waals surface area contributed by atoms with Crippen LogP contribution in [0.5, 0.6) is 0 Å². The molecule has 88 valence electrons. The molecule has 1 nitrogen and oxygen atoms in total. The molecular weight excluding hydrogens is 202 g/mol. The quantitative estimate of drug-likeness (QED) is 0.373. The highest BCUT2D eigenvalue weighted by Crippen LogP contribution is 2.19. The van der Waals surface area contributed by atoms with Gasteiger partial charge in [0.05, 0.1) is 11.2 Å². The lowest BCUT2D eigenvalue weighted by Crippen LogP contribution is -2.08. The lowest BCUT2D eigenvalue weighted by molar-refractivity contribution is 0.445. The lowest BCUT2D eigenvalue weighted by Gasteiger charge is -2.15. The molecule has 1 rings (SSSR count). The molecule has 0 amide bonds. The van der Waals surface area contributed by atoms with Crippen LogP contribution in [0.2, 0.25) is 0 Å². The van der Waals surface area contributed by atoms with E-state index in [1.54, 1.807) is 0 Å². The number of rotatable bonds is 4. The third kappa shape index (κ3) is 10.1. The molecule has 0 radical (unpaired) electrons. The van der Waals surface area contributed by atoms with Crippen molar-refractivity contribution in [3.63, 3.8) is 0 Å². The van der Waals surface area contributed by atoms with Crippen LogP contribution >= 0.6 is 12.2 Å². The number of aliphatic imine (C=N–C) groups is 1. The monoisotopic (exact) mass is 227 g/mol. The topological polar surface area (TPSA) is 12.4 Å². The zero-order valence-corrected chi connectivity index (χ0v) is 11.1. The van der Waals surface area contributed by atoms with Gasteiger partial charge >= 0.3 is 0 Å². The summed E-state index contributed by atoms with van der Waals surface area (Å²) < 4.78 is 0. The second-order valence-electron chi connectivity index (χ2n) is 4.22. The van der Waals surface area contributed by atoms with E-state index < -0.39 is 0 Å².